The lowest BCUT2D eigenvalue weighted by molar-refractivity contribution is 0.0904. The molecule has 0 aromatic carbocycles. The van der Waals surface area contributed by atoms with Crippen LogP contribution in [0.1, 0.15) is 23.3 Å². The number of carbonyl (C=O) groups excluding carboxylic acids is 1. The minimum atomic E-state index is -0.0474. The van der Waals surface area contributed by atoms with Gasteiger partial charge in [-0.15, -0.1) is 11.3 Å². The first-order valence-electron chi connectivity index (χ1n) is 7.82. The van der Waals surface area contributed by atoms with Crippen LogP contribution in [-0.4, -0.2) is 48.5 Å². The number of rotatable bonds is 3. The molecule has 116 valence electrons. The number of hydrogen-bond acceptors (Lipinski definition) is 5. The summed E-state index contributed by atoms with van der Waals surface area (Å²) in [6, 6.07) is 4.22. The molecule has 2 aromatic rings. The summed E-state index contributed by atoms with van der Waals surface area (Å²) in [5.41, 5.74) is 0.518. The molecule has 0 aliphatic carbocycles. The molecule has 5 nitrogen and oxygen atoms in total. The third-order valence-corrected chi connectivity index (χ3v) is 5.80. The molecule has 4 rings (SSSR count). The Kier molecular flexibility index (Phi) is 3.50. The molecule has 2 fully saturated rings. The lowest BCUT2D eigenvalue weighted by Gasteiger charge is -2.30. The van der Waals surface area contributed by atoms with Gasteiger partial charge in [-0.2, -0.15) is 0 Å². The summed E-state index contributed by atoms with van der Waals surface area (Å²) in [5.74, 6) is 0.707. The topological polar surface area (TPSA) is 57.3 Å². The van der Waals surface area contributed by atoms with Gasteiger partial charge >= 0.3 is 0 Å². The molecular weight excluding hydrogens is 296 g/mol. The molecule has 1 unspecified atom stereocenters. The van der Waals surface area contributed by atoms with Gasteiger partial charge in [0.25, 0.3) is 5.91 Å². The highest BCUT2D eigenvalue weighted by atomic mass is 32.1. The normalized spacial score (nSPS) is 27.0. The Morgan fingerprint density at radius 2 is 2.32 bits per heavy atom. The number of nitrogens with zero attached hydrogens (tertiary/aromatic N) is 2. The van der Waals surface area contributed by atoms with Gasteiger partial charge < -0.3 is 15.5 Å². The van der Waals surface area contributed by atoms with Crippen LogP contribution in [0.15, 0.2) is 18.3 Å². The van der Waals surface area contributed by atoms with E-state index in [0.29, 0.717) is 5.69 Å². The van der Waals surface area contributed by atoms with E-state index in [1.165, 1.54) is 19.5 Å². The molecule has 0 saturated carbocycles. The maximum Gasteiger partial charge on any atom is 0.270 e. The average molecular weight is 316 g/mol. The van der Waals surface area contributed by atoms with Gasteiger partial charge in [-0.3, -0.25) is 9.78 Å². The monoisotopic (exact) mass is 316 g/mol. The van der Waals surface area contributed by atoms with Crippen molar-refractivity contribution in [1.82, 2.24) is 15.2 Å². The maximum absolute atomic E-state index is 12.5. The maximum atomic E-state index is 12.5. The van der Waals surface area contributed by atoms with Crippen LogP contribution < -0.4 is 10.6 Å². The van der Waals surface area contributed by atoms with Crippen LogP contribution in [0.5, 0.6) is 0 Å². The largest absolute Gasteiger partial charge is 0.380 e. The Balaban J connectivity index is 1.50. The third kappa shape index (κ3) is 2.57. The fourth-order valence-corrected chi connectivity index (χ4v) is 4.53. The summed E-state index contributed by atoms with van der Waals surface area (Å²) >= 11 is 1.65. The second-order valence-corrected chi connectivity index (χ2v) is 7.37. The zero-order valence-corrected chi connectivity index (χ0v) is 13.4. The summed E-state index contributed by atoms with van der Waals surface area (Å²) < 4.78 is 1.09. The fraction of sp³-hybridized carbons (Fsp3) is 0.500. The molecule has 22 heavy (non-hydrogen) atoms. The number of hydrogen-bond donors (Lipinski definition) is 2. The first-order valence-corrected chi connectivity index (χ1v) is 8.63. The number of nitrogens with one attached hydrogen (secondary N) is 2. The summed E-state index contributed by atoms with van der Waals surface area (Å²) in [4.78, 5) is 19.2. The van der Waals surface area contributed by atoms with Crippen LogP contribution in [-0.2, 0) is 0 Å². The number of pyridine rings is 1. The summed E-state index contributed by atoms with van der Waals surface area (Å²) in [7, 11) is 1.90. The van der Waals surface area contributed by atoms with Crippen LogP contribution in [0, 0.1) is 5.92 Å². The van der Waals surface area contributed by atoms with Crippen molar-refractivity contribution in [3.8, 4) is 0 Å². The van der Waals surface area contributed by atoms with Crippen molar-refractivity contribution >= 4 is 32.3 Å². The molecule has 2 N–H and O–H groups in total. The van der Waals surface area contributed by atoms with Crippen LogP contribution >= 0.6 is 11.3 Å². The van der Waals surface area contributed by atoms with Gasteiger partial charge in [-0.25, -0.2) is 0 Å². The predicted molar refractivity (Wildman–Crippen MR) is 89.6 cm³/mol. The van der Waals surface area contributed by atoms with E-state index in [-0.39, 0.29) is 11.9 Å². The Bertz CT molecular complexity index is 701. The molecule has 1 amide bonds. The van der Waals surface area contributed by atoms with E-state index < -0.39 is 0 Å². The number of aromatic nitrogens is 1. The first-order chi connectivity index (χ1) is 10.7. The lowest BCUT2D eigenvalue weighted by Crippen LogP contribution is -2.47. The van der Waals surface area contributed by atoms with E-state index in [0.717, 1.165) is 34.0 Å². The molecule has 4 heterocycles. The van der Waals surface area contributed by atoms with Crippen molar-refractivity contribution in [2.45, 2.75) is 18.9 Å². The summed E-state index contributed by atoms with van der Waals surface area (Å²) in [6.07, 6.45) is 4.17. The molecule has 2 bridgehead atoms. The Labute approximate surface area is 133 Å². The van der Waals surface area contributed by atoms with Gasteiger partial charge in [0.1, 0.15) is 5.69 Å². The predicted octanol–water partition coefficient (Wildman–Crippen LogP) is 2.16. The number of fused-ring (bicyclic) bond motifs is 3. The average Bonchev–Trinajstić information content (AvgIpc) is 3.09. The molecule has 0 radical (unpaired) electrons. The number of piperidine rings is 1. The minimum absolute atomic E-state index is 0.0474. The van der Waals surface area contributed by atoms with Gasteiger partial charge in [-0.05, 0) is 37.4 Å². The highest BCUT2D eigenvalue weighted by Gasteiger charge is 2.33. The molecule has 2 aromatic heterocycles. The number of anilines is 1. The molecule has 2 saturated heterocycles. The molecular formula is C16H20N4OS. The van der Waals surface area contributed by atoms with E-state index in [2.05, 4.69) is 26.6 Å². The summed E-state index contributed by atoms with van der Waals surface area (Å²) in [6.45, 7) is 3.37. The van der Waals surface area contributed by atoms with Crippen LogP contribution in [0.3, 0.4) is 0 Å². The number of amides is 1. The van der Waals surface area contributed by atoms with Gasteiger partial charge in [0, 0.05) is 42.5 Å². The Morgan fingerprint density at radius 1 is 1.41 bits per heavy atom. The second-order valence-electron chi connectivity index (χ2n) is 6.29. The van der Waals surface area contributed by atoms with E-state index in [9.17, 15) is 4.79 Å². The highest BCUT2D eigenvalue weighted by Crippen LogP contribution is 2.30. The van der Waals surface area contributed by atoms with Crippen molar-refractivity contribution in [3.05, 3.63) is 24.0 Å². The van der Waals surface area contributed by atoms with Gasteiger partial charge in [-0.1, -0.05) is 0 Å². The zero-order valence-electron chi connectivity index (χ0n) is 12.6. The summed E-state index contributed by atoms with van der Waals surface area (Å²) in [5, 5.41) is 8.46. The quantitative estimate of drug-likeness (QED) is 0.911. The smallest absolute Gasteiger partial charge is 0.270 e. The van der Waals surface area contributed by atoms with E-state index in [4.69, 9.17) is 0 Å². The Morgan fingerprint density at radius 3 is 3.14 bits per heavy atom. The molecule has 3 atom stereocenters. The van der Waals surface area contributed by atoms with Gasteiger partial charge in [0.05, 0.1) is 5.00 Å². The molecule has 2 aliphatic rings. The minimum Gasteiger partial charge on any atom is -0.380 e. The second kappa shape index (κ2) is 5.52. The van der Waals surface area contributed by atoms with E-state index in [1.807, 2.05) is 13.1 Å². The first kappa shape index (κ1) is 14.0. The van der Waals surface area contributed by atoms with Crippen molar-refractivity contribution in [2.75, 3.05) is 32.0 Å². The SMILES string of the molecule is CNc1cc2cnc(C(=O)N[C@@H]3C[C@H]4CCN(C4)C3)cc2s1. The molecule has 0 spiro atoms. The van der Waals surface area contributed by atoms with Crippen LogP contribution in [0.4, 0.5) is 5.00 Å². The number of carbonyl (C=O) groups is 1. The van der Waals surface area contributed by atoms with Crippen molar-refractivity contribution in [1.29, 1.82) is 0 Å². The number of thiophene rings is 1. The van der Waals surface area contributed by atoms with Crippen molar-refractivity contribution in [3.63, 3.8) is 0 Å². The highest BCUT2D eigenvalue weighted by molar-refractivity contribution is 7.22. The standard InChI is InChI=1S/C16H20N4OS/c1-17-15-5-11-7-18-13(6-14(11)22-15)16(21)19-12-4-10-2-3-20(8-10)9-12/h5-7,10,12,17H,2-4,8-9H2,1H3,(H,19,21)/t10-,12-/m1/s1. The Hall–Kier alpha value is -1.66. The third-order valence-electron chi connectivity index (χ3n) is 4.68. The van der Waals surface area contributed by atoms with Crippen LogP contribution in [0.2, 0.25) is 0 Å². The molecule has 2 aliphatic heterocycles. The fourth-order valence-electron chi connectivity index (χ4n) is 3.60. The van der Waals surface area contributed by atoms with Crippen LogP contribution in [0.25, 0.3) is 10.1 Å². The van der Waals surface area contributed by atoms with Gasteiger partial charge in [0.15, 0.2) is 0 Å². The van der Waals surface area contributed by atoms with E-state index >= 15 is 0 Å². The zero-order chi connectivity index (χ0) is 15.1. The van der Waals surface area contributed by atoms with Gasteiger partial charge in [0.2, 0.25) is 0 Å². The van der Waals surface area contributed by atoms with Crippen molar-refractivity contribution < 1.29 is 4.79 Å². The van der Waals surface area contributed by atoms with E-state index in [1.54, 1.807) is 17.5 Å². The van der Waals surface area contributed by atoms with Crippen molar-refractivity contribution in [2.24, 2.45) is 5.92 Å². The lowest BCUT2D eigenvalue weighted by atomic mass is 9.97. The molecule has 6 heteroatoms.